The molecular formula is C24H34N4O5. The van der Waals surface area contributed by atoms with Gasteiger partial charge in [0.05, 0.1) is 11.0 Å². The lowest BCUT2D eigenvalue weighted by atomic mass is 9.81. The van der Waals surface area contributed by atoms with Gasteiger partial charge in [-0.2, -0.15) is 0 Å². The zero-order chi connectivity index (χ0) is 23.4. The molecule has 1 aromatic heterocycles. The maximum Gasteiger partial charge on any atom is 0.326 e. The number of aromatic amines is 1. The van der Waals surface area contributed by atoms with Gasteiger partial charge in [0.15, 0.2) is 0 Å². The maximum absolute atomic E-state index is 12.5. The fourth-order valence-corrected chi connectivity index (χ4v) is 5.53. The van der Waals surface area contributed by atoms with E-state index in [9.17, 15) is 19.5 Å². The van der Waals surface area contributed by atoms with E-state index in [0.717, 1.165) is 56.4 Å². The van der Waals surface area contributed by atoms with Gasteiger partial charge in [-0.05, 0) is 56.2 Å². The summed E-state index contributed by atoms with van der Waals surface area (Å²) >= 11 is 0. The van der Waals surface area contributed by atoms with E-state index in [1.807, 2.05) is 33.7 Å². The zero-order valence-electron chi connectivity index (χ0n) is 19.2. The molecule has 9 heteroatoms. The Balaban J connectivity index is 1.34. The standard InChI is InChI=1S/C24H34N4O5/c1-33-16-22(29)27-13-7-17(14-23(30)31)18(15-27)6-10-26-11-8-19(9-12-26)28-21-5-3-2-4-20(21)25-24(28)32/h2-5,17-19H,6-16H2,1H3,(H,25,32)(H,30,31). The SMILES string of the molecule is COCC(=O)N1CCC(CC(=O)O)C(CCN2CCC(n3c(=O)[nH]c4ccccc43)CC2)C1. The number of methoxy groups -OCH3 is 1. The van der Waals surface area contributed by atoms with Crippen molar-refractivity contribution in [3.05, 3.63) is 34.7 Å². The number of fused-ring (bicyclic) bond motifs is 1. The number of rotatable bonds is 8. The Kier molecular flexibility index (Phi) is 7.49. The van der Waals surface area contributed by atoms with Crippen LogP contribution in [0.15, 0.2) is 29.1 Å². The molecule has 2 atom stereocenters. The minimum atomic E-state index is -0.772. The average molecular weight is 459 g/mol. The van der Waals surface area contributed by atoms with Gasteiger partial charge in [-0.1, -0.05) is 12.1 Å². The van der Waals surface area contributed by atoms with E-state index < -0.39 is 5.97 Å². The largest absolute Gasteiger partial charge is 0.481 e. The number of carboxylic acid groups (broad SMARTS) is 1. The lowest BCUT2D eigenvalue weighted by Crippen LogP contribution is -2.46. The first-order chi connectivity index (χ1) is 16.0. The van der Waals surface area contributed by atoms with Gasteiger partial charge in [0.1, 0.15) is 6.61 Å². The summed E-state index contributed by atoms with van der Waals surface area (Å²) in [5.41, 5.74) is 1.79. The molecule has 2 aliphatic rings. The summed E-state index contributed by atoms with van der Waals surface area (Å²) in [5, 5.41) is 9.34. The van der Waals surface area contributed by atoms with Gasteiger partial charge in [-0.3, -0.25) is 14.2 Å². The van der Waals surface area contributed by atoms with E-state index in [-0.39, 0.29) is 42.5 Å². The van der Waals surface area contributed by atoms with E-state index in [4.69, 9.17) is 4.74 Å². The molecule has 2 N–H and O–H groups in total. The zero-order valence-corrected chi connectivity index (χ0v) is 19.2. The topological polar surface area (TPSA) is 108 Å². The van der Waals surface area contributed by atoms with Gasteiger partial charge in [0, 0.05) is 45.8 Å². The predicted molar refractivity (Wildman–Crippen MR) is 124 cm³/mol. The van der Waals surface area contributed by atoms with Crippen LogP contribution in [0.4, 0.5) is 0 Å². The highest BCUT2D eigenvalue weighted by molar-refractivity contribution is 5.77. The lowest BCUT2D eigenvalue weighted by Gasteiger charge is -2.40. The van der Waals surface area contributed by atoms with Crippen LogP contribution < -0.4 is 5.69 Å². The van der Waals surface area contributed by atoms with Gasteiger partial charge in [0.25, 0.3) is 0 Å². The van der Waals surface area contributed by atoms with Crippen LogP contribution in [0.3, 0.4) is 0 Å². The molecule has 0 saturated carbocycles. The normalized spacial score (nSPS) is 22.6. The number of carbonyl (C=O) groups excluding carboxylic acids is 1. The van der Waals surface area contributed by atoms with Crippen LogP contribution in [0, 0.1) is 11.8 Å². The molecule has 0 bridgehead atoms. The third kappa shape index (κ3) is 5.47. The van der Waals surface area contributed by atoms with Gasteiger partial charge < -0.3 is 24.6 Å². The molecule has 1 amide bonds. The monoisotopic (exact) mass is 458 g/mol. The number of para-hydroxylation sites is 2. The number of piperidine rings is 2. The molecule has 9 nitrogen and oxygen atoms in total. The van der Waals surface area contributed by atoms with E-state index in [1.165, 1.54) is 7.11 Å². The van der Waals surface area contributed by atoms with Crippen molar-refractivity contribution in [1.29, 1.82) is 0 Å². The molecule has 3 heterocycles. The molecule has 1 aromatic carbocycles. The van der Waals surface area contributed by atoms with E-state index in [0.29, 0.717) is 13.1 Å². The number of nitrogens with one attached hydrogen (secondary N) is 1. The summed E-state index contributed by atoms with van der Waals surface area (Å²) < 4.78 is 6.89. The molecule has 33 heavy (non-hydrogen) atoms. The van der Waals surface area contributed by atoms with Crippen LogP contribution in [0.2, 0.25) is 0 Å². The quantitative estimate of drug-likeness (QED) is 0.626. The number of likely N-dealkylation sites (tertiary alicyclic amines) is 2. The van der Waals surface area contributed by atoms with Crippen LogP contribution >= 0.6 is 0 Å². The summed E-state index contributed by atoms with van der Waals surface area (Å²) in [4.78, 5) is 43.3. The Labute approximate surface area is 193 Å². The molecular weight excluding hydrogens is 424 g/mol. The molecule has 0 spiro atoms. The number of benzene rings is 1. The van der Waals surface area contributed by atoms with Crippen molar-refractivity contribution in [3.8, 4) is 0 Å². The highest BCUT2D eigenvalue weighted by Crippen LogP contribution is 2.31. The number of carboxylic acids is 1. The summed E-state index contributed by atoms with van der Waals surface area (Å²) in [5.74, 6) is -0.533. The van der Waals surface area contributed by atoms with Gasteiger partial charge >= 0.3 is 11.7 Å². The van der Waals surface area contributed by atoms with Crippen molar-refractivity contribution >= 4 is 22.9 Å². The number of aromatic nitrogens is 2. The van der Waals surface area contributed by atoms with E-state index in [1.54, 1.807) is 0 Å². The number of ether oxygens (including phenoxy) is 1. The molecule has 2 fully saturated rings. The highest BCUT2D eigenvalue weighted by Gasteiger charge is 2.33. The van der Waals surface area contributed by atoms with Crippen molar-refractivity contribution < 1.29 is 19.4 Å². The molecule has 2 saturated heterocycles. The molecule has 180 valence electrons. The van der Waals surface area contributed by atoms with Crippen molar-refractivity contribution in [3.63, 3.8) is 0 Å². The van der Waals surface area contributed by atoms with Gasteiger partial charge in [-0.25, -0.2) is 4.79 Å². The molecule has 4 rings (SSSR count). The smallest absolute Gasteiger partial charge is 0.326 e. The Morgan fingerprint density at radius 3 is 2.61 bits per heavy atom. The highest BCUT2D eigenvalue weighted by atomic mass is 16.5. The van der Waals surface area contributed by atoms with Crippen molar-refractivity contribution in [1.82, 2.24) is 19.4 Å². The summed E-state index contributed by atoms with van der Waals surface area (Å²) in [7, 11) is 1.51. The van der Waals surface area contributed by atoms with E-state index in [2.05, 4.69) is 9.88 Å². The summed E-state index contributed by atoms with van der Waals surface area (Å²) in [6, 6.07) is 7.99. The number of amides is 1. The Bertz CT molecular complexity index is 1020. The van der Waals surface area contributed by atoms with E-state index >= 15 is 0 Å². The number of imidazole rings is 1. The minimum Gasteiger partial charge on any atom is -0.481 e. The Hall–Kier alpha value is -2.65. The van der Waals surface area contributed by atoms with Crippen LogP contribution in [-0.4, -0.2) is 82.8 Å². The number of H-pyrrole nitrogens is 1. The Morgan fingerprint density at radius 1 is 1.12 bits per heavy atom. The number of nitrogens with zero attached hydrogens (tertiary/aromatic N) is 3. The maximum atomic E-state index is 12.5. The van der Waals surface area contributed by atoms with Crippen molar-refractivity contribution in [2.75, 3.05) is 46.4 Å². The van der Waals surface area contributed by atoms with Crippen LogP contribution in [0.5, 0.6) is 0 Å². The first-order valence-electron chi connectivity index (χ1n) is 11.9. The third-order valence-corrected chi connectivity index (χ3v) is 7.31. The fraction of sp³-hybridized carbons (Fsp3) is 0.625. The van der Waals surface area contributed by atoms with Gasteiger partial charge in [-0.15, -0.1) is 0 Å². The summed E-state index contributed by atoms with van der Waals surface area (Å²) in [6.45, 7) is 3.95. The lowest BCUT2D eigenvalue weighted by molar-refractivity contribution is -0.141. The van der Waals surface area contributed by atoms with Gasteiger partial charge in [0.2, 0.25) is 5.91 Å². The van der Waals surface area contributed by atoms with Crippen LogP contribution in [-0.2, 0) is 14.3 Å². The number of aliphatic carboxylic acids is 1. The number of carbonyl (C=O) groups is 2. The second-order valence-electron chi connectivity index (χ2n) is 9.36. The third-order valence-electron chi connectivity index (χ3n) is 7.31. The van der Waals surface area contributed by atoms with Crippen molar-refractivity contribution in [2.45, 2.75) is 38.1 Å². The van der Waals surface area contributed by atoms with Crippen molar-refractivity contribution in [2.24, 2.45) is 11.8 Å². The molecule has 0 aliphatic carbocycles. The average Bonchev–Trinajstić information content (AvgIpc) is 3.14. The number of hydrogen-bond donors (Lipinski definition) is 2. The molecule has 0 radical (unpaired) electrons. The second-order valence-corrected chi connectivity index (χ2v) is 9.36. The first kappa shape index (κ1) is 23.5. The summed E-state index contributed by atoms with van der Waals surface area (Å²) in [6.07, 6.45) is 3.56. The second kappa shape index (κ2) is 10.5. The van der Waals surface area contributed by atoms with Crippen LogP contribution in [0.25, 0.3) is 11.0 Å². The molecule has 2 aromatic rings. The number of hydrogen-bond acceptors (Lipinski definition) is 5. The minimum absolute atomic E-state index is 0.0266. The molecule has 2 aliphatic heterocycles. The first-order valence-corrected chi connectivity index (χ1v) is 11.9. The fourth-order valence-electron chi connectivity index (χ4n) is 5.53. The predicted octanol–water partition coefficient (Wildman–Crippen LogP) is 1.94. The Morgan fingerprint density at radius 2 is 1.88 bits per heavy atom. The van der Waals surface area contributed by atoms with Crippen LogP contribution in [0.1, 0.15) is 38.1 Å². The molecule has 2 unspecified atom stereocenters.